The molecule has 3 aromatic rings. The highest BCUT2D eigenvalue weighted by molar-refractivity contribution is 7.94. The molecule has 0 aliphatic rings. The average Bonchev–Trinajstić information content (AvgIpc) is 2.81. The van der Waals surface area contributed by atoms with Crippen LogP contribution >= 0.6 is 12.0 Å². The first-order chi connectivity index (χ1) is 17.1. The Hall–Kier alpha value is -2.88. The van der Waals surface area contributed by atoms with Gasteiger partial charge in [-0.1, -0.05) is 12.0 Å². The summed E-state index contributed by atoms with van der Waals surface area (Å²) in [6.07, 6.45) is 0. The van der Waals surface area contributed by atoms with Gasteiger partial charge in [0, 0.05) is 10.3 Å². The van der Waals surface area contributed by atoms with Crippen LogP contribution in [0.2, 0.25) is 0 Å². The molecule has 0 aliphatic carbocycles. The molecule has 19 heteroatoms. The van der Waals surface area contributed by atoms with Gasteiger partial charge in [-0.3, -0.25) is 9.11 Å². The van der Waals surface area contributed by atoms with E-state index in [9.17, 15) is 44.6 Å². The molecular formula is C18H16N2O13S4. The lowest BCUT2D eigenvalue weighted by atomic mass is 10.1. The SMILES string of the molecule is CCS(=O)(=O)c1ccc(O)c(N=Nc2c(S(=O)(=O)O)cc3cc(SOOO)cc(S(=O)(=O)O)c3c2O)c1. The van der Waals surface area contributed by atoms with Crippen LogP contribution in [0, 0.1) is 0 Å². The van der Waals surface area contributed by atoms with Crippen molar-refractivity contribution in [1.29, 1.82) is 0 Å². The lowest BCUT2D eigenvalue weighted by molar-refractivity contribution is -0.432. The van der Waals surface area contributed by atoms with E-state index in [0.717, 1.165) is 30.3 Å². The predicted octanol–water partition coefficient (Wildman–Crippen LogP) is 3.38. The highest BCUT2D eigenvalue weighted by Gasteiger charge is 2.27. The van der Waals surface area contributed by atoms with Crippen LogP contribution < -0.4 is 0 Å². The number of rotatable bonds is 9. The summed E-state index contributed by atoms with van der Waals surface area (Å²) in [6, 6.07) is 5.50. The number of sulfone groups is 1. The zero-order chi connectivity index (χ0) is 27.8. The standard InChI is InChI=1S/C18H16N2O13S4/c1-2-35(24,25)11-3-4-13(21)12(8-11)19-20-17-15(37(29,30)31)6-9-5-10(34-33-32-23)7-14(36(26,27)28)16(9)18(17)22/h3-8,21-23H,2H2,1H3,(H,26,27,28)(H,29,30,31). The molecule has 200 valence electrons. The van der Waals surface area contributed by atoms with Gasteiger partial charge in [0.2, 0.25) is 0 Å². The molecule has 0 radical (unpaired) electrons. The lowest BCUT2D eigenvalue weighted by Gasteiger charge is -2.13. The number of hydrogen-bond acceptors (Lipinski definition) is 14. The molecule has 3 rings (SSSR count). The fraction of sp³-hybridized carbons (Fsp3) is 0.111. The third kappa shape index (κ3) is 6.17. The zero-order valence-corrected chi connectivity index (χ0v) is 21.5. The second-order valence-electron chi connectivity index (χ2n) is 7.02. The fourth-order valence-corrected chi connectivity index (χ4v) is 5.90. The molecule has 5 N–H and O–H groups in total. The Balaban J connectivity index is 2.36. The van der Waals surface area contributed by atoms with E-state index in [-0.39, 0.29) is 33.0 Å². The number of hydrogen-bond donors (Lipinski definition) is 5. The van der Waals surface area contributed by atoms with Crippen LogP contribution in [0.3, 0.4) is 0 Å². The number of nitrogens with zero attached hydrogens (tertiary/aromatic N) is 2. The minimum Gasteiger partial charge on any atom is -0.506 e. The first-order valence-corrected chi connectivity index (χ1v) is 14.8. The van der Waals surface area contributed by atoms with Crippen molar-refractivity contribution in [3.8, 4) is 11.5 Å². The molecule has 0 aromatic heterocycles. The quantitative estimate of drug-likeness (QED) is 0.0781. The van der Waals surface area contributed by atoms with Gasteiger partial charge in [0.05, 0.1) is 22.7 Å². The molecule has 0 aliphatic heterocycles. The minimum absolute atomic E-state index is 0.164. The fourth-order valence-electron chi connectivity index (χ4n) is 3.07. The van der Waals surface area contributed by atoms with E-state index in [2.05, 4.69) is 19.6 Å². The van der Waals surface area contributed by atoms with E-state index in [1.807, 2.05) is 0 Å². The molecule has 0 saturated heterocycles. The molecule has 0 unspecified atom stereocenters. The van der Waals surface area contributed by atoms with Crippen molar-refractivity contribution in [1.82, 2.24) is 0 Å². The highest BCUT2D eigenvalue weighted by Crippen LogP contribution is 2.45. The predicted molar refractivity (Wildman–Crippen MR) is 126 cm³/mol. The third-order valence-electron chi connectivity index (χ3n) is 4.75. The maximum atomic E-state index is 12.1. The third-order valence-corrected chi connectivity index (χ3v) is 8.78. The molecule has 15 nitrogen and oxygen atoms in total. The lowest BCUT2D eigenvalue weighted by Crippen LogP contribution is -2.03. The van der Waals surface area contributed by atoms with E-state index < -0.39 is 68.1 Å². The summed E-state index contributed by atoms with van der Waals surface area (Å²) in [4.78, 5) is -2.44. The van der Waals surface area contributed by atoms with Gasteiger partial charge in [-0.05, 0) is 41.8 Å². The number of phenols is 2. The summed E-state index contributed by atoms with van der Waals surface area (Å²) < 4.78 is 96.0. The van der Waals surface area contributed by atoms with Gasteiger partial charge >= 0.3 is 0 Å². The molecule has 0 bridgehead atoms. The number of benzene rings is 3. The largest absolute Gasteiger partial charge is 0.506 e. The highest BCUT2D eigenvalue weighted by atomic mass is 32.2. The van der Waals surface area contributed by atoms with Crippen LogP contribution in [0.4, 0.5) is 11.4 Å². The summed E-state index contributed by atoms with van der Waals surface area (Å²) in [6.45, 7) is 1.37. The van der Waals surface area contributed by atoms with Crippen molar-refractivity contribution in [3.63, 3.8) is 0 Å². The van der Waals surface area contributed by atoms with E-state index in [4.69, 9.17) is 5.26 Å². The van der Waals surface area contributed by atoms with Gasteiger partial charge in [0.15, 0.2) is 15.6 Å². The van der Waals surface area contributed by atoms with Crippen LogP contribution in [0.15, 0.2) is 66.2 Å². The molecule has 37 heavy (non-hydrogen) atoms. The van der Waals surface area contributed by atoms with Gasteiger partial charge in [-0.25, -0.2) is 13.7 Å². The Morgan fingerprint density at radius 1 is 0.892 bits per heavy atom. The molecule has 3 aromatic carbocycles. The van der Waals surface area contributed by atoms with Crippen LogP contribution in [0.25, 0.3) is 10.8 Å². The van der Waals surface area contributed by atoms with Crippen molar-refractivity contribution >= 4 is 64.3 Å². The van der Waals surface area contributed by atoms with Crippen molar-refractivity contribution in [2.45, 2.75) is 26.5 Å². The Bertz CT molecular complexity index is 1740. The minimum atomic E-state index is -5.16. The molecular weight excluding hydrogens is 580 g/mol. The Morgan fingerprint density at radius 3 is 2.11 bits per heavy atom. The summed E-state index contributed by atoms with van der Waals surface area (Å²) in [5, 5.41) is 38.6. The summed E-state index contributed by atoms with van der Waals surface area (Å²) in [7, 11) is -14.0. The van der Waals surface area contributed by atoms with Crippen molar-refractivity contribution in [3.05, 3.63) is 36.4 Å². The molecule has 0 amide bonds. The van der Waals surface area contributed by atoms with Gasteiger partial charge in [0.25, 0.3) is 20.2 Å². The zero-order valence-electron chi connectivity index (χ0n) is 18.2. The number of fused-ring (bicyclic) bond motifs is 1. The van der Waals surface area contributed by atoms with E-state index in [1.54, 1.807) is 0 Å². The average molecular weight is 597 g/mol. The normalized spacial score (nSPS) is 13.0. The van der Waals surface area contributed by atoms with Gasteiger partial charge in [-0.2, -0.15) is 16.8 Å². The van der Waals surface area contributed by atoms with Crippen molar-refractivity contribution in [2.75, 3.05) is 5.75 Å². The van der Waals surface area contributed by atoms with Gasteiger partial charge in [-0.15, -0.1) is 14.6 Å². The molecule has 0 heterocycles. The summed E-state index contributed by atoms with van der Waals surface area (Å²) in [5.41, 5.74) is -1.48. The maximum absolute atomic E-state index is 12.1. The van der Waals surface area contributed by atoms with Gasteiger partial charge < -0.3 is 10.2 Å². The summed E-state index contributed by atoms with van der Waals surface area (Å²) >= 11 is 0.243. The molecule has 0 fully saturated rings. The first kappa shape index (κ1) is 28.7. The molecule has 0 atom stereocenters. The monoisotopic (exact) mass is 596 g/mol. The summed E-state index contributed by atoms with van der Waals surface area (Å²) in [5.74, 6) is -2.05. The van der Waals surface area contributed by atoms with Gasteiger partial charge in [0.1, 0.15) is 26.9 Å². The van der Waals surface area contributed by atoms with Crippen LogP contribution in [-0.2, 0) is 39.4 Å². The first-order valence-electron chi connectivity index (χ1n) is 9.51. The number of phenolic OH excluding ortho intramolecular Hbond substituents is 2. The van der Waals surface area contributed by atoms with Crippen LogP contribution in [0.1, 0.15) is 6.92 Å². The molecule has 0 saturated carbocycles. The Morgan fingerprint density at radius 2 is 1.54 bits per heavy atom. The van der Waals surface area contributed by atoms with E-state index in [1.165, 1.54) is 6.92 Å². The smallest absolute Gasteiger partial charge is 0.296 e. The topological polar surface area (TPSA) is 247 Å². The van der Waals surface area contributed by atoms with Crippen molar-refractivity contribution in [2.24, 2.45) is 10.2 Å². The second-order valence-corrected chi connectivity index (χ2v) is 12.9. The maximum Gasteiger partial charge on any atom is 0.296 e. The number of aromatic hydroxyl groups is 2. The Labute approximate surface area is 213 Å². The Kier molecular flexibility index (Phi) is 8.12. The number of azo groups is 1. The van der Waals surface area contributed by atoms with E-state index in [0.29, 0.717) is 6.07 Å². The molecule has 0 spiro atoms. The second kappa shape index (κ2) is 10.5. The van der Waals surface area contributed by atoms with Crippen LogP contribution in [0.5, 0.6) is 11.5 Å². The van der Waals surface area contributed by atoms with E-state index >= 15 is 0 Å². The van der Waals surface area contributed by atoms with Crippen LogP contribution in [-0.4, -0.2) is 55.6 Å². The van der Waals surface area contributed by atoms with Crippen molar-refractivity contribution < 1.29 is 59.2 Å².